The van der Waals surface area contributed by atoms with Gasteiger partial charge in [-0.25, -0.2) is 9.37 Å². The van der Waals surface area contributed by atoms with Crippen LogP contribution in [0.5, 0.6) is 0 Å². The first kappa shape index (κ1) is 17.7. The van der Waals surface area contributed by atoms with E-state index in [0.29, 0.717) is 22.4 Å². The average Bonchev–Trinajstić information content (AvgIpc) is 3.05. The summed E-state index contributed by atoms with van der Waals surface area (Å²) in [5.74, 6) is 0.110. The number of allylic oxidation sites excluding steroid dienone is 1. The number of nitriles is 1. The van der Waals surface area contributed by atoms with Gasteiger partial charge in [0.1, 0.15) is 17.7 Å². The molecule has 0 radical (unpaired) electrons. The number of rotatable bonds is 5. The molecular weight excluding hydrogens is 327 g/mol. The molecule has 0 unspecified atom stereocenters. The molecule has 26 heavy (non-hydrogen) atoms. The minimum Gasteiger partial charge on any atom is -0.372 e. The second-order valence-electron chi connectivity index (χ2n) is 6.13. The van der Waals surface area contributed by atoms with Gasteiger partial charge in [-0.2, -0.15) is 5.26 Å². The summed E-state index contributed by atoms with van der Waals surface area (Å²) in [6, 6.07) is 12.7. The Balaban J connectivity index is 1.99. The van der Waals surface area contributed by atoms with Gasteiger partial charge in [-0.3, -0.25) is 0 Å². The van der Waals surface area contributed by atoms with Gasteiger partial charge in [-0.15, -0.1) is 0 Å². The van der Waals surface area contributed by atoms with E-state index in [4.69, 9.17) is 0 Å². The number of anilines is 1. The summed E-state index contributed by atoms with van der Waals surface area (Å²) in [6.07, 6.45) is 1.81. The van der Waals surface area contributed by atoms with Crippen molar-refractivity contribution >= 4 is 28.4 Å². The number of hydrogen-bond donors (Lipinski definition) is 1. The van der Waals surface area contributed by atoms with E-state index in [0.717, 1.165) is 24.2 Å². The third-order valence-corrected chi connectivity index (χ3v) is 4.50. The standard InChI is InChI=1S/C21H21FN4/c1-4-26(5-2)18-8-6-15(14(3)10-18)11-16(13-23)21-24-19-9-7-17(22)12-20(19)25-21/h6-12H,4-5H2,1-3H3,(H,24,25)/b16-11-. The molecule has 0 saturated carbocycles. The lowest BCUT2D eigenvalue weighted by atomic mass is 10.0. The van der Waals surface area contributed by atoms with Crippen LogP contribution in [-0.2, 0) is 0 Å². The molecule has 0 aliphatic rings. The summed E-state index contributed by atoms with van der Waals surface area (Å²) in [6.45, 7) is 8.19. The minimum atomic E-state index is -0.335. The van der Waals surface area contributed by atoms with Crippen LogP contribution in [0.25, 0.3) is 22.7 Å². The van der Waals surface area contributed by atoms with Gasteiger partial charge in [0.25, 0.3) is 0 Å². The second kappa shape index (κ2) is 7.40. The van der Waals surface area contributed by atoms with E-state index in [-0.39, 0.29) is 5.82 Å². The van der Waals surface area contributed by atoms with Crippen molar-refractivity contribution in [1.29, 1.82) is 5.26 Å². The lowest BCUT2D eigenvalue weighted by molar-refractivity contribution is 0.629. The number of nitrogens with one attached hydrogen (secondary N) is 1. The zero-order valence-electron chi connectivity index (χ0n) is 15.2. The summed E-state index contributed by atoms with van der Waals surface area (Å²) in [4.78, 5) is 9.70. The number of imidazole rings is 1. The number of benzene rings is 2. The van der Waals surface area contributed by atoms with Crippen molar-refractivity contribution in [2.75, 3.05) is 18.0 Å². The highest BCUT2D eigenvalue weighted by Crippen LogP contribution is 2.24. The second-order valence-corrected chi connectivity index (χ2v) is 6.13. The first-order valence-electron chi connectivity index (χ1n) is 8.68. The van der Waals surface area contributed by atoms with Crippen LogP contribution in [0.4, 0.5) is 10.1 Å². The van der Waals surface area contributed by atoms with Crippen molar-refractivity contribution in [1.82, 2.24) is 9.97 Å². The number of hydrogen-bond acceptors (Lipinski definition) is 3. The monoisotopic (exact) mass is 348 g/mol. The number of halogens is 1. The fourth-order valence-electron chi connectivity index (χ4n) is 3.03. The zero-order valence-corrected chi connectivity index (χ0v) is 15.2. The molecule has 3 aromatic rings. The van der Waals surface area contributed by atoms with Crippen LogP contribution < -0.4 is 4.90 Å². The van der Waals surface area contributed by atoms with Gasteiger partial charge in [0, 0.05) is 18.8 Å². The molecule has 4 nitrogen and oxygen atoms in total. The SMILES string of the molecule is CCN(CC)c1ccc(/C=C(/C#N)c2nc3ccc(F)cc3[nH]2)c(C)c1. The lowest BCUT2D eigenvalue weighted by Crippen LogP contribution is -2.21. The molecule has 0 aliphatic heterocycles. The molecule has 1 N–H and O–H groups in total. The molecule has 2 aromatic carbocycles. The smallest absolute Gasteiger partial charge is 0.149 e. The molecule has 5 heteroatoms. The van der Waals surface area contributed by atoms with Crippen LogP contribution in [0.15, 0.2) is 36.4 Å². The predicted molar refractivity (Wildman–Crippen MR) is 104 cm³/mol. The Bertz CT molecular complexity index is 1010. The molecular formula is C21H21FN4. The first-order valence-corrected chi connectivity index (χ1v) is 8.68. The van der Waals surface area contributed by atoms with E-state index in [1.165, 1.54) is 17.8 Å². The number of nitrogens with zero attached hydrogens (tertiary/aromatic N) is 3. The van der Waals surface area contributed by atoms with Crippen LogP contribution in [0.1, 0.15) is 30.8 Å². The summed E-state index contributed by atoms with van der Waals surface area (Å²) in [5.41, 5.74) is 4.85. The van der Waals surface area contributed by atoms with Gasteiger partial charge >= 0.3 is 0 Å². The molecule has 0 spiro atoms. The van der Waals surface area contributed by atoms with Crippen LogP contribution in [-0.4, -0.2) is 23.1 Å². The van der Waals surface area contributed by atoms with E-state index < -0.39 is 0 Å². The maximum Gasteiger partial charge on any atom is 0.149 e. The Kier molecular flexibility index (Phi) is 5.04. The van der Waals surface area contributed by atoms with Crippen LogP contribution in [0, 0.1) is 24.1 Å². The van der Waals surface area contributed by atoms with Crippen molar-refractivity contribution in [2.24, 2.45) is 0 Å². The van der Waals surface area contributed by atoms with E-state index in [9.17, 15) is 9.65 Å². The fourth-order valence-corrected chi connectivity index (χ4v) is 3.03. The summed E-state index contributed by atoms with van der Waals surface area (Å²) in [7, 11) is 0. The normalized spacial score (nSPS) is 11.6. The molecule has 0 atom stereocenters. The highest BCUT2D eigenvalue weighted by molar-refractivity contribution is 5.90. The van der Waals surface area contributed by atoms with E-state index in [1.54, 1.807) is 6.07 Å². The minimum absolute atomic E-state index is 0.335. The van der Waals surface area contributed by atoms with Gasteiger partial charge in [-0.05, 0) is 68.3 Å². The fraction of sp³-hybridized carbons (Fsp3) is 0.238. The van der Waals surface area contributed by atoms with Crippen LogP contribution >= 0.6 is 0 Å². The number of H-pyrrole nitrogens is 1. The molecule has 1 heterocycles. The molecule has 132 valence electrons. The van der Waals surface area contributed by atoms with Crippen molar-refractivity contribution < 1.29 is 4.39 Å². The van der Waals surface area contributed by atoms with Crippen LogP contribution in [0.3, 0.4) is 0 Å². The largest absolute Gasteiger partial charge is 0.372 e. The molecule has 0 fully saturated rings. The Morgan fingerprint density at radius 2 is 2.00 bits per heavy atom. The number of fused-ring (bicyclic) bond motifs is 1. The Labute approximate surface area is 152 Å². The summed E-state index contributed by atoms with van der Waals surface area (Å²) in [5, 5.41) is 9.57. The predicted octanol–water partition coefficient (Wildman–Crippen LogP) is 4.92. The van der Waals surface area contributed by atoms with Gasteiger partial charge in [0.15, 0.2) is 0 Å². The third kappa shape index (κ3) is 3.45. The van der Waals surface area contributed by atoms with Crippen LogP contribution in [0.2, 0.25) is 0 Å². The topological polar surface area (TPSA) is 55.7 Å². The lowest BCUT2D eigenvalue weighted by Gasteiger charge is -2.21. The van der Waals surface area contributed by atoms with E-state index in [2.05, 4.69) is 46.9 Å². The first-order chi connectivity index (χ1) is 12.5. The summed E-state index contributed by atoms with van der Waals surface area (Å²) < 4.78 is 13.4. The third-order valence-electron chi connectivity index (χ3n) is 4.50. The highest BCUT2D eigenvalue weighted by Gasteiger charge is 2.10. The van der Waals surface area contributed by atoms with Gasteiger partial charge < -0.3 is 9.88 Å². The quantitative estimate of drug-likeness (QED) is 0.666. The van der Waals surface area contributed by atoms with E-state index in [1.807, 2.05) is 19.1 Å². The van der Waals surface area contributed by atoms with Gasteiger partial charge in [0.05, 0.1) is 16.6 Å². The van der Waals surface area contributed by atoms with Crippen molar-refractivity contribution in [3.8, 4) is 6.07 Å². The molecule has 0 saturated heterocycles. The van der Waals surface area contributed by atoms with Gasteiger partial charge in [-0.1, -0.05) is 6.07 Å². The van der Waals surface area contributed by atoms with Crippen molar-refractivity contribution in [3.05, 3.63) is 59.2 Å². The Morgan fingerprint density at radius 1 is 1.23 bits per heavy atom. The maximum atomic E-state index is 13.4. The molecule has 3 rings (SSSR count). The maximum absolute atomic E-state index is 13.4. The van der Waals surface area contributed by atoms with Crippen molar-refractivity contribution in [2.45, 2.75) is 20.8 Å². The summed E-state index contributed by atoms with van der Waals surface area (Å²) >= 11 is 0. The Hall–Kier alpha value is -3.13. The Morgan fingerprint density at radius 3 is 2.65 bits per heavy atom. The number of aromatic nitrogens is 2. The average molecular weight is 348 g/mol. The van der Waals surface area contributed by atoms with Gasteiger partial charge in [0.2, 0.25) is 0 Å². The molecule has 0 amide bonds. The molecule has 0 aliphatic carbocycles. The zero-order chi connectivity index (χ0) is 18.7. The highest BCUT2D eigenvalue weighted by atomic mass is 19.1. The molecule has 1 aromatic heterocycles. The van der Waals surface area contributed by atoms with Crippen molar-refractivity contribution in [3.63, 3.8) is 0 Å². The number of aryl methyl sites for hydroxylation is 1. The van der Waals surface area contributed by atoms with E-state index >= 15 is 0 Å². The molecule has 0 bridgehead atoms. The number of aromatic amines is 1.